The molecule has 5 atom stereocenters. The Bertz CT molecular complexity index is 447. The standard InChI is InChI=1S/C14H23F3N2O5/c1-2-18-13(24)9-11(22)12(23)10(21)8(7-20)19(9)6-4-3-5-14(15,16)17/h3,5,8-12,20-23H,2,4,6-7H2,1H3,(H,18,24)/t8-,9+,10-,11-,12+/m1/s1. The maximum Gasteiger partial charge on any atom is 0.409 e. The summed E-state index contributed by atoms with van der Waals surface area (Å²) in [5, 5.41) is 41.8. The first kappa shape index (κ1) is 20.8. The van der Waals surface area contributed by atoms with Gasteiger partial charge in [-0.15, -0.1) is 0 Å². The number of rotatable bonds is 6. The largest absolute Gasteiger partial charge is 0.409 e. The van der Waals surface area contributed by atoms with Gasteiger partial charge in [0.05, 0.1) is 12.6 Å². The molecular formula is C14H23F3N2O5. The van der Waals surface area contributed by atoms with E-state index in [1.165, 1.54) is 4.90 Å². The summed E-state index contributed by atoms with van der Waals surface area (Å²) >= 11 is 0. The molecule has 0 unspecified atom stereocenters. The van der Waals surface area contributed by atoms with E-state index in [0.717, 1.165) is 6.08 Å². The van der Waals surface area contributed by atoms with Crippen molar-refractivity contribution in [2.45, 2.75) is 49.9 Å². The van der Waals surface area contributed by atoms with E-state index >= 15 is 0 Å². The van der Waals surface area contributed by atoms with Crippen LogP contribution in [-0.4, -0.2) is 87.5 Å². The minimum absolute atomic E-state index is 0.0493. The fourth-order valence-corrected chi connectivity index (χ4v) is 2.76. The van der Waals surface area contributed by atoms with Crippen LogP contribution in [0.15, 0.2) is 12.2 Å². The molecule has 0 aromatic heterocycles. The van der Waals surface area contributed by atoms with E-state index in [4.69, 9.17) is 0 Å². The molecule has 10 heteroatoms. The number of piperidine rings is 1. The van der Waals surface area contributed by atoms with Gasteiger partial charge in [-0.25, -0.2) is 0 Å². The maximum atomic E-state index is 12.1. The van der Waals surface area contributed by atoms with Crippen molar-refractivity contribution in [3.05, 3.63) is 12.2 Å². The van der Waals surface area contributed by atoms with Crippen molar-refractivity contribution in [1.82, 2.24) is 10.2 Å². The van der Waals surface area contributed by atoms with Crippen molar-refractivity contribution in [1.29, 1.82) is 0 Å². The topological polar surface area (TPSA) is 113 Å². The lowest BCUT2D eigenvalue weighted by Crippen LogP contribution is -2.70. The highest BCUT2D eigenvalue weighted by atomic mass is 19.4. The molecule has 0 aromatic rings. The van der Waals surface area contributed by atoms with E-state index in [1.807, 2.05) is 0 Å². The van der Waals surface area contributed by atoms with Crippen LogP contribution in [0.3, 0.4) is 0 Å². The second kappa shape index (κ2) is 8.77. The van der Waals surface area contributed by atoms with Crippen LogP contribution in [0, 0.1) is 0 Å². The monoisotopic (exact) mass is 356 g/mol. The molecule has 1 saturated heterocycles. The summed E-state index contributed by atoms with van der Waals surface area (Å²) in [5.74, 6) is -0.644. The second-order valence-electron chi connectivity index (χ2n) is 5.53. The van der Waals surface area contributed by atoms with Crippen molar-refractivity contribution in [3.8, 4) is 0 Å². The first-order valence-corrected chi connectivity index (χ1v) is 7.57. The van der Waals surface area contributed by atoms with Gasteiger partial charge in [-0.1, -0.05) is 6.08 Å². The summed E-state index contributed by atoms with van der Waals surface area (Å²) in [6.07, 6.45) is -8.52. The van der Waals surface area contributed by atoms with Gasteiger partial charge in [-0.05, 0) is 13.3 Å². The van der Waals surface area contributed by atoms with Gasteiger partial charge in [0.15, 0.2) is 0 Å². The molecule has 0 aromatic carbocycles. The number of likely N-dealkylation sites (N-methyl/N-ethyl adjacent to an activating group) is 1. The van der Waals surface area contributed by atoms with Gasteiger partial charge in [0.25, 0.3) is 0 Å². The normalized spacial score (nSPS) is 32.2. The van der Waals surface area contributed by atoms with Crippen LogP contribution < -0.4 is 5.32 Å². The molecule has 1 aliphatic rings. The molecule has 5 N–H and O–H groups in total. The predicted octanol–water partition coefficient (Wildman–Crippen LogP) is -1.24. The Morgan fingerprint density at radius 1 is 1.21 bits per heavy atom. The molecule has 7 nitrogen and oxygen atoms in total. The van der Waals surface area contributed by atoms with Crippen LogP contribution in [0.1, 0.15) is 13.3 Å². The molecular weight excluding hydrogens is 333 g/mol. The molecule has 0 spiro atoms. The van der Waals surface area contributed by atoms with Crippen LogP contribution in [-0.2, 0) is 4.79 Å². The van der Waals surface area contributed by atoms with Gasteiger partial charge in [0.2, 0.25) is 5.91 Å². The molecule has 0 radical (unpaired) electrons. The van der Waals surface area contributed by atoms with Crippen LogP contribution >= 0.6 is 0 Å². The average molecular weight is 356 g/mol. The van der Waals surface area contributed by atoms with Gasteiger partial charge in [0.1, 0.15) is 24.4 Å². The van der Waals surface area contributed by atoms with Crippen LogP contribution in [0.4, 0.5) is 13.2 Å². The Morgan fingerprint density at radius 2 is 1.83 bits per heavy atom. The highest BCUT2D eigenvalue weighted by Crippen LogP contribution is 2.25. The lowest BCUT2D eigenvalue weighted by Gasteiger charge is -2.47. The summed E-state index contributed by atoms with van der Waals surface area (Å²) in [6, 6.07) is -2.38. The maximum absolute atomic E-state index is 12.1. The van der Waals surface area contributed by atoms with Gasteiger partial charge in [-0.2, -0.15) is 13.2 Å². The van der Waals surface area contributed by atoms with Gasteiger partial charge in [0, 0.05) is 19.2 Å². The number of carbonyl (C=O) groups is 1. The Morgan fingerprint density at radius 3 is 2.33 bits per heavy atom. The first-order chi connectivity index (χ1) is 11.1. The number of allylic oxidation sites excluding steroid dienone is 1. The molecule has 1 amide bonds. The molecule has 1 heterocycles. The van der Waals surface area contributed by atoms with Gasteiger partial charge in [-0.3, -0.25) is 9.69 Å². The first-order valence-electron chi connectivity index (χ1n) is 7.57. The third kappa shape index (κ3) is 5.15. The summed E-state index contributed by atoms with van der Waals surface area (Å²) in [4.78, 5) is 13.4. The molecule has 1 fully saturated rings. The lowest BCUT2D eigenvalue weighted by atomic mass is 9.87. The fourth-order valence-electron chi connectivity index (χ4n) is 2.76. The average Bonchev–Trinajstić information content (AvgIpc) is 2.48. The number of aliphatic hydroxyl groups excluding tert-OH is 4. The van der Waals surface area contributed by atoms with E-state index in [-0.39, 0.29) is 25.6 Å². The zero-order valence-electron chi connectivity index (χ0n) is 13.1. The molecule has 24 heavy (non-hydrogen) atoms. The number of alkyl halides is 3. The number of halogens is 3. The zero-order chi connectivity index (χ0) is 18.5. The number of nitrogens with zero attached hydrogens (tertiary/aromatic N) is 1. The molecule has 1 rings (SSSR count). The van der Waals surface area contributed by atoms with E-state index in [2.05, 4.69) is 5.32 Å². The SMILES string of the molecule is CCNC(=O)[C@@H]1[C@@H](O)[C@@H](O)[C@H](O)[C@@H](CO)N1CCC=CC(F)(F)F. The quantitative estimate of drug-likeness (QED) is 0.381. The highest BCUT2D eigenvalue weighted by Gasteiger charge is 2.49. The van der Waals surface area contributed by atoms with Gasteiger partial charge < -0.3 is 25.7 Å². The highest BCUT2D eigenvalue weighted by molar-refractivity contribution is 5.82. The van der Waals surface area contributed by atoms with Crippen molar-refractivity contribution in [3.63, 3.8) is 0 Å². The van der Waals surface area contributed by atoms with E-state index in [9.17, 15) is 38.4 Å². The van der Waals surface area contributed by atoms with Crippen molar-refractivity contribution in [2.75, 3.05) is 19.7 Å². The van der Waals surface area contributed by atoms with Crippen molar-refractivity contribution >= 4 is 5.91 Å². The minimum atomic E-state index is -4.47. The molecule has 0 saturated carbocycles. The van der Waals surface area contributed by atoms with Crippen molar-refractivity contribution in [2.24, 2.45) is 0 Å². The van der Waals surface area contributed by atoms with E-state index in [0.29, 0.717) is 0 Å². The Kier molecular flexibility index (Phi) is 7.61. The summed E-state index contributed by atoms with van der Waals surface area (Å²) < 4.78 is 36.4. The minimum Gasteiger partial charge on any atom is -0.395 e. The van der Waals surface area contributed by atoms with Crippen LogP contribution in [0.2, 0.25) is 0 Å². The fraction of sp³-hybridized carbons (Fsp3) is 0.786. The molecule has 0 bridgehead atoms. The number of likely N-dealkylation sites (tertiary alicyclic amines) is 1. The molecule has 140 valence electrons. The number of hydrogen-bond donors (Lipinski definition) is 5. The van der Waals surface area contributed by atoms with Crippen LogP contribution in [0.5, 0.6) is 0 Å². The number of amides is 1. The Balaban J connectivity index is 2.96. The molecule has 1 aliphatic heterocycles. The third-order valence-electron chi connectivity index (χ3n) is 3.87. The summed E-state index contributed by atoms with van der Waals surface area (Å²) in [5.41, 5.74) is 0. The second-order valence-corrected chi connectivity index (χ2v) is 5.53. The van der Waals surface area contributed by atoms with Crippen LogP contribution in [0.25, 0.3) is 0 Å². The summed E-state index contributed by atoms with van der Waals surface area (Å²) in [6.45, 7) is 1.12. The number of hydrogen-bond acceptors (Lipinski definition) is 6. The number of nitrogens with one attached hydrogen (secondary N) is 1. The lowest BCUT2D eigenvalue weighted by molar-refractivity contribution is -0.178. The van der Waals surface area contributed by atoms with Crippen molar-refractivity contribution < 1.29 is 38.4 Å². The van der Waals surface area contributed by atoms with Gasteiger partial charge >= 0.3 is 6.18 Å². The molecule has 0 aliphatic carbocycles. The van der Waals surface area contributed by atoms with E-state index in [1.54, 1.807) is 6.92 Å². The summed E-state index contributed by atoms with van der Waals surface area (Å²) in [7, 11) is 0. The zero-order valence-corrected chi connectivity index (χ0v) is 13.1. The predicted molar refractivity (Wildman–Crippen MR) is 77.9 cm³/mol. The number of aliphatic hydroxyl groups is 4. The third-order valence-corrected chi connectivity index (χ3v) is 3.87. The Labute approximate surface area is 137 Å². The Hall–Kier alpha value is -1.20. The number of carbonyl (C=O) groups excluding carboxylic acids is 1. The van der Waals surface area contributed by atoms with E-state index < -0.39 is 49.1 Å². The smallest absolute Gasteiger partial charge is 0.395 e.